The smallest absolute Gasteiger partial charge is 0.283 e. The van der Waals surface area contributed by atoms with Gasteiger partial charge in [-0.15, -0.1) is 11.3 Å². The second-order valence-electron chi connectivity index (χ2n) is 6.48. The lowest BCUT2D eigenvalue weighted by atomic mass is 10.1. The molecule has 1 aromatic heterocycles. The summed E-state index contributed by atoms with van der Waals surface area (Å²) in [6.45, 7) is 0.254. The molecule has 0 bridgehead atoms. The van der Waals surface area contributed by atoms with E-state index in [2.05, 4.69) is 4.98 Å². The molecule has 1 N–H and O–H groups in total. The Bertz CT molecular complexity index is 1240. The van der Waals surface area contributed by atoms with Crippen molar-refractivity contribution in [2.45, 2.75) is 6.54 Å². The summed E-state index contributed by atoms with van der Waals surface area (Å²) in [4.78, 5) is 18.4. The number of aromatic nitrogens is 1. The van der Waals surface area contributed by atoms with Gasteiger partial charge in [-0.1, -0.05) is 12.1 Å². The summed E-state index contributed by atoms with van der Waals surface area (Å²) < 4.78 is 38.9. The number of rotatable bonds is 6. The number of anilines is 2. The van der Waals surface area contributed by atoms with E-state index in [0.717, 1.165) is 6.26 Å². The molecule has 0 atom stereocenters. The third-order valence-electron chi connectivity index (χ3n) is 4.05. The van der Waals surface area contributed by atoms with Crippen LogP contribution in [0.5, 0.6) is 0 Å². The van der Waals surface area contributed by atoms with Gasteiger partial charge in [0.15, 0.2) is 13.0 Å². The maximum absolute atomic E-state index is 13.7. The van der Waals surface area contributed by atoms with Gasteiger partial charge in [0.05, 0.1) is 24.4 Å². The monoisotopic (exact) mass is 442 g/mol. The largest absolute Gasteiger partial charge is 0.313 e. The van der Waals surface area contributed by atoms with Crippen molar-refractivity contribution in [3.8, 4) is 6.07 Å². The minimum atomic E-state index is -3.73. The average molecular weight is 442 g/mol. The molecule has 0 unspecified atom stereocenters. The van der Waals surface area contributed by atoms with Crippen molar-refractivity contribution < 1.29 is 17.6 Å². The number of sulfonamides is 1. The van der Waals surface area contributed by atoms with Gasteiger partial charge >= 0.3 is 0 Å². The van der Waals surface area contributed by atoms with Gasteiger partial charge in [0.2, 0.25) is 10.0 Å². The molecule has 0 aliphatic rings. The number of benzene rings is 2. The molecule has 2 aromatic carbocycles. The van der Waals surface area contributed by atoms with Crippen LogP contribution < -0.4 is 14.4 Å². The van der Waals surface area contributed by atoms with E-state index in [1.165, 1.54) is 23.5 Å². The predicted octanol–water partition coefficient (Wildman–Crippen LogP) is 1.44. The van der Waals surface area contributed by atoms with Gasteiger partial charge in [-0.3, -0.25) is 4.79 Å². The number of carbonyl (C=O) groups excluding carboxylic acids is 1. The van der Waals surface area contributed by atoms with Crippen LogP contribution in [0.1, 0.15) is 21.6 Å². The SMILES string of the molecule is Bc1sc(N(Cc2cccc(F)c2)c2ccc(C#N)cc2)nc1C(=O)NS(C)(=O)=O. The van der Waals surface area contributed by atoms with Crippen LogP contribution in [0.15, 0.2) is 48.5 Å². The molecule has 30 heavy (non-hydrogen) atoms. The lowest BCUT2D eigenvalue weighted by Gasteiger charge is -2.22. The van der Waals surface area contributed by atoms with E-state index < -0.39 is 15.9 Å². The first kappa shape index (κ1) is 21.5. The normalized spacial score (nSPS) is 11.0. The zero-order valence-electron chi connectivity index (χ0n) is 16.1. The Labute approximate surface area is 178 Å². The van der Waals surface area contributed by atoms with E-state index in [0.29, 0.717) is 26.7 Å². The van der Waals surface area contributed by atoms with Crippen molar-refractivity contribution in [2.75, 3.05) is 11.2 Å². The van der Waals surface area contributed by atoms with Crippen molar-refractivity contribution in [1.29, 1.82) is 5.26 Å². The number of nitrogens with zero attached hydrogens (tertiary/aromatic N) is 3. The molecular weight excluding hydrogens is 426 g/mol. The molecule has 0 fully saturated rings. The maximum Gasteiger partial charge on any atom is 0.283 e. The molecule has 0 aliphatic carbocycles. The molecule has 0 radical (unpaired) electrons. The van der Waals surface area contributed by atoms with Crippen LogP contribution in [-0.4, -0.2) is 33.4 Å². The zero-order valence-corrected chi connectivity index (χ0v) is 17.7. The van der Waals surface area contributed by atoms with Gasteiger partial charge in [-0.2, -0.15) is 5.26 Å². The lowest BCUT2D eigenvalue weighted by Crippen LogP contribution is -2.32. The van der Waals surface area contributed by atoms with Crippen LogP contribution in [0.4, 0.5) is 15.2 Å². The first-order valence-electron chi connectivity index (χ1n) is 8.68. The summed E-state index contributed by atoms with van der Waals surface area (Å²) in [6, 6.07) is 14.9. The van der Waals surface area contributed by atoms with Gasteiger partial charge in [0, 0.05) is 5.69 Å². The number of halogens is 1. The Kier molecular flexibility index (Phi) is 6.19. The lowest BCUT2D eigenvalue weighted by molar-refractivity contribution is 0.0978. The van der Waals surface area contributed by atoms with Crippen LogP contribution in [0.25, 0.3) is 0 Å². The van der Waals surface area contributed by atoms with Gasteiger partial charge in [0.25, 0.3) is 5.91 Å². The summed E-state index contributed by atoms with van der Waals surface area (Å²) in [5, 5.41) is 9.47. The molecular formula is C19H16BFN4O3S2. The Morgan fingerprint density at radius 3 is 2.60 bits per heavy atom. The molecule has 11 heteroatoms. The van der Waals surface area contributed by atoms with Crippen LogP contribution in [0.2, 0.25) is 0 Å². The maximum atomic E-state index is 13.7. The van der Waals surface area contributed by atoms with E-state index in [1.54, 1.807) is 49.1 Å². The van der Waals surface area contributed by atoms with Crippen molar-refractivity contribution >= 4 is 50.7 Å². The number of nitriles is 1. The highest BCUT2D eigenvalue weighted by Gasteiger charge is 2.22. The molecule has 0 saturated heterocycles. The highest BCUT2D eigenvalue weighted by Crippen LogP contribution is 2.30. The van der Waals surface area contributed by atoms with Crippen molar-refractivity contribution in [3.63, 3.8) is 0 Å². The second-order valence-corrected chi connectivity index (χ2v) is 9.41. The van der Waals surface area contributed by atoms with E-state index in [1.807, 2.05) is 10.8 Å². The molecule has 0 saturated carbocycles. The van der Waals surface area contributed by atoms with Gasteiger partial charge in [0.1, 0.15) is 11.5 Å². The first-order chi connectivity index (χ1) is 14.2. The third kappa shape index (κ3) is 5.22. The van der Waals surface area contributed by atoms with Crippen LogP contribution >= 0.6 is 11.3 Å². The Hall–Kier alpha value is -3.23. The zero-order chi connectivity index (χ0) is 21.9. The highest BCUT2D eigenvalue weighted by atomic mass is 32.2. The number of hydrogen-bond donors (Lipinski definition) is 1. The number of hydrogen-bond acceptors (Lipinski definition) is 7. The predicted molar refractivity (Wildman–Crippen MR) is 116 cm³/mol. The number of amides is 1. The molecule has 0 spiro atoms. The Morgan fingerprint density at radius 1 is 1.30 bits per heavy atom. The van der Waals surface area contributed by atoms with Gasteiger partial charge < -0.3 is 4.90 Å². The van der Waals surface area contributed by atoms with Gasteiger partial charge in [-0.25, -0.2) is 22.5 Å². The summed E-state index contributed by atoms with van der Waals surface area (Å²) in [5.41, 5.74) is 1.84. The fourth-order valence-corrected chi connectivity index (χ4v) is 4.09. The standard InChI is InChI=1S/C19H16BFN4O3S2/c1-30(27,28)24-18(26)16-17(20)29-19(23-16)25(11-13-3-2-4-14(21)9-13)15-7-5-12(10-22)6-8-15/h2-9H,11,20H2,1H3,(H,24,26). The quantitative estimate of drug-likeness (QED) is 0.580. The summed E-state index contributed by atoms with van der Waals surface area (Å²) in [5.74, 6) is -1.20. The first-order valence-corrected chi connectivity index (χ1v) is 11.4. The van der Waals surface area contributed by atoms with Crippen molar-refractivity contribution in [1.82, 2.24) is 9.71 Å². The molecule has 1 amide bonds. The number of thiazole rings is 1. The van der Waals surface area contributed by atoms with Crippen molar-refractivity contribution in [3.05, 3.63) is 71.2 Å². The minimum Gasteiger partial charge on any atom is -0.313 e. The molecule has 0 aliphatic heterocycles. The van der Waals surface area contributed by atoms with Crippen LogP contribution in [0, 0.1) is 17.1 Å². The van der Waals surface area contributed by atoms with Crippen LogP contribution in [-0.2, 0) is 16.6 Å². The molecule has 152 valence electrons. The van der Waals surface area contributed by atoms with Gasteiger partial charge in [-0.05, 0) is 46.7 Å². The third-order valence-corrected chi connectivity index (χ3v) is 5.60. The summed E-state index contributed by atoms with van der Waals surface area (Å²) >= 11 is 1.21. The topological polar surface area (TPSA) is 103 Å². The molecule has 7 nitrogen and oxygen atoms in total. The Morgan fingerprint density at radius 2 is 2.00 bits per heavy atom. The summed E-state index contributed by atoms with van der Waals surface area (Å²) in [6.07, 6.45) is 0.889. The summed E-state index contributed by atoms with van der Waals surface area (Å²) in [7, 11) is -2.07. The number of nitrogens with one attached hydrogen (secondary N) is 1. The number of carbonyl (C=O) groups is 1. The van der Waals surface area contributed by atoms with E-state index in [4.69, 9.17) is 5.26 Å². The van der Waals surface area contributed by atoms with E-state index in [-0.39, 0.29) is 18.1 Å². The molecule has 1 heterocycles. The Balaban J connectivity index is 2.02. The van der Waals surface area contributed by atoms with E-state index >= 15 is 0 Å². The fraction of sp³-hybridized carbons (Fsp3) is 0.105. The highest BCUT2D eigenvalue weighted by molar-refractivity contribution is 7.89. The minimum absolute atomic E-state index is 0.00156. The second kappa shape index (κ2) is 8.65. The molecule has 3 rings (SSSR count). The average Bonchev–Trinajstić information content (AvgIpc) is 3.06. The van der Waals surface area contributed by atoms with Crippen LogP contribution in [0.3, 0.4) is 0 Å². The molecule has 3 aromatic rings. The van der Waals surface area contributed by atoms with E-state index in [9.17, 15) is 17.6 Å². The van der Waals surface area contributed by atoms with Crippen molar-refractivity contribution in [2.24, 2.45) is 0 Å². The fourth-order valence-electron chi connectivity index (χ4n) is 2.73.